The molecule has 0 aliphatic rings. The first-order valence-corrected chi connectivity index (χ1v) is 13.5. The lowest BCUT2D eigenvalue weighted by Gasteiger charge is -2.11. The SMILES string of the molecule is O=C(c1ccc(-n2c3ccccc3c3ccc4c(ccn4-c4ccccc4)c32)cc1)c1ccc2ccccc2c1. The zero-order valence-corrected chi connectivity index (χ0v) is 21.7. The Morgan fingerprint density at radius 1 is 0.475 bits per heavy atom. The maximum Gasteiger partial charge on any atom is 0.193 e. The third kappa shape index (κ3) is 3.41. The Balaban J connectivity index is 1.28. The second kappa shape index (κ2) is 8.82. The molecule has 6 aromatic carbocycles. The zero-order chi connectivity index (χ0) is 26.6. The van der Waals surface area contributed by atoms with E-state index in [1.54, 1.807) is 0 Å². The summed E-state index contributed by atoms with van der Waals surface area (Å²) in [5.74, 6) is 0.0295. The number of carbonyl (C=O) groups is 1. The van der Waals surface area contributed by atoms with Gasteiger partial charge in [-0.15, -0.1) is 0 Å². The van der Waals surface area contributed by atoms with Gasteiger partial charge < -0.3 is 9.13 Å². The van der Waals surface area contributed by atoms with Crippen molar-refractivity contribution < 1.29 is 4.79 Å². The van der Waals surface area contributed by atoms with Gasteiger partial charge in [-0.25, -0.2) is 0 Å². The normalized spacial score (nSPS) is 11.6. The molecule has 0 saturated carbocycles. The number of nitrogens with zero attached hydrogens (tertiary/aromatic N) is 2. The summed E-state index contributed by atoms with van der Waals surface area (Å²) in [6.07, 6.45) is 2.15. The van der Waals surface area contributed by atoms with Crippen LogP contribution in [0, 0.1) is 0 Å². The van der Waals surface area contributed by atoms with Crippen LogP contribution in [0.1, 0.15) is 15.9 Å². The highest BCUT2D eigenvalue weighted by molar-refractivity contribution is 6.18. The molecule has 0 N–H and O–H groups in total. The van der Waals surface area contributed by atoms with E-state index in [1.807, 2.05) is 54.6 Å². The van der Waals surface area contributed by atoms with Crippen molar-refractivity contribution in [2.45, 2.75) is 0 Å². The van der Waals surface area contributed by atoms with Crippen LogP contribution in [-0.2, 0) is 0 Å². The average Bonchev–Trinajstić information content (AvgIpc) is 3.60. The van der Waals surface area contributed by atoms with Crippen LogP contribution in [0.5, 0.6) is 0 Å². The summed E-state index contributed by atoms with van der Waals surface area (Å²) in [5.41, 5.74) is 7.02. The summed E-state index contributed by atoms with van der Waals surface area (Å²) >= 11 is 0. The molecule has 0 atom stereocenters. The molecule has 2 aromatic heterocycles. The van der Waals surface area contributed by atoms with Crippen LogP contribution in [0.3, 0.4) is 0 Å². The lowest BCUT2D eigenvalue weighted by atomic mass is 10.00. The van der Waals surface area contributed by atoms with E-state index < -0.39 is 0 Å². The van der Waals surface area contributed by atoms with Gasteiger partial charge in [-0.05, 0) is 71.4 Å². The zero-order valence-electron chi connectivity index (χ0n) is 21.7. The van der Waals surface area contributed by atoms with Crippen molar-refractivity contribution in [1.82, 2.24) is 9.13 Å². The fraction of sp³-hybridized carbons (Fsp3) is 0. The van der Waals surface area contributed by atoms with E-state index in [-0.39, 0.29) is 5.78 Å². The Kier molecular flexibility index (Phi) is 4.98. The highest BCUT2D eigenvalue weighted by atomic mass is 16.1. The van der Waals surface area contributed by atoms with Crippen molar-refractivity contribution in [3.8, 4) is 11.4 Å². The molecule has 0 radical (unpaired) electrons. The first-order valence-electron chi connectivity index (χ1n) is 13.5. The van der Waals surface area contributed by atoms with Gasteiger partial charge in [0.15, 0.2) is 5.78 Å². The number of benzene rings is 6. The quantitative estimate of drug-likeness (QED) is 0.216. The van der Waals surface area contributed by atoms with E-state index in [2.05, 4.69) is 100 Å². The van der Waals surface area contributed by atoms with Gasteiger partial charge in [-0.1, -0.05) is 78.9 Å². The Morgan fingerprint density at radius 2 is 1.20 bits per heavy atom. The Bertz CT molecular complexity index is 2220. The topological polar surface area (TPSA) is 26.9 Å². The van der Waals surface area contributed by atoms with E-state index in [0.717, 1.165) is 33.2 Å². The summed E-state index contributed by atoms with van der Waals surface area (Å²) in [7, 11) is 0. The van der Waals surface area contributed by atoms with Crippen molar-refractivity contribution in [2.24, 2.45) is 0 Å². The molecule has 0 aliphatic carbocycles. The summed E-state index contributed by atoms with van der Waals surface area (Å²) in [6, 6.07) is 47.7. The van der Waals surface area contributed by atoms with Gasteiger partial charge in [0, 0.05) is 44.9 Å². The molecule has 3 heteroatoms. The van der Waals surface area contributed by atoms with Gasteiger partial charge in [-0.3, -0.25) is 4.79 Å². The lowest BCUT2D eigenvalue weighted by Crippen LogP contribution is -2.02. The van der Waals surface area contributed by atoms with Crippen molar-refractivity contribution in [3.05, 3.63) is 157 Å². The summed E-state index contributed by atoms with van der Waals surface area (Å²) in [4.78, 5) is 13.4. The molecular formula is C37H24N2O. The number of hydrogen-bond donors (Lipinski definition) is 0. The predicted octanol–water partition coefficient (Wildman–Crippen LogP) is 9.11. The molecule has 0 bridgehead atoms. The van der Waals surface area contributed by atoms with E-state index in [4.69, 9.17) is 0 Å². The molecule has 8 aromatic rings. The number of hydrogen-bond acceptors (Lipinski definition) is 1. The number of para-hydroxylation sites is 2. The number of rotatable bonds is 4. The van der Waals surface area contributed by atoms with Crippen LogP contribution in [0.25, 0.3) is 54.9 Å². The number of carbonyl (C=O) groups excluding carboxylic acids is 1. The van der Waals surface area contributed by atoms with Crippen molar-refractivity contribution >= 4 is 49.3 Å². The number of ketones is 1. The van der Waals surface area contributed by atoms with Crippen LogP contribution in [0.4, 0.5) is 0 Å². The summed E-state index contributed by atoms with van der Waals surface area (Å²) in [6.45, 7) is 0. The first-order chi connectivity index (χ1) is 19.8. The molecular weight excluding hydrogens is 488 g/mol. The van der Waals surface area contributed by atoms with Crippen LogP contribution in [0.2, 0.25) is 0 Å². The standard InChI is InChI=1S/C37H24N2O/c40-37(28-15-14-25-8-4-5-9-27(25)24-28)26-16-18-30(19-17-26)39-35-13-7-6-12-31(35)32-20-21-34-33(36(32)39)22-23-38(34)29-10-2-1-3-11-29/h1-24H. The van der Waals surface area contributed by atoms with Gasteiger partial charge in [0.05, 0.1) is 16.6 Å². The van der Waals surface area contributed by atoms with Crippen molar-refractivity contribution in [1.29, 1.82) is 0 Å². The van der Waals surface area contributed by atoms with Gasteiger partial charge in [0.2, 0.25) is 0 Å². The fourth-order valence-corrected chi connectivity index (χ4v) is 6.02. The van der Waals surface area contributed by atoms with E-state index in [9.17, 15) is 4.79 Å². The molecule has 188 valence electrons. The second-order valence-corrected chi connectivity index (χ2v) is 10.2. The Morgan fingerprint density at radius 3 is 2.05 bits per heavy atom. The third-order valence-corrected chi connectivity index (χ3v) is 7.94. The van der Waals surface area contributed by atoms with Crippen molar-refractivity contribution in [3.63, 3.8) is 0 Å². The molecule has 3 nitrogen and oxygen atoms in total. The van der Waals surface area contributed by atoms with Crippen molar-refractivity contribution in [2.75, 3.05) is 0 Å². The molecule has 0 fully saturated rings. The van der Waals surface area contributed by atoms with E-state index in [1.165, 1.54) is 21.7 Å². The monoisotopic (exact) mass is 512 g/mol. The fourth-order valence-electron chi connectivity index (χ4n) is 6.02. The Hall–Kier alpha value is -5.41. The second-order valence-electron chi connectivity index (χ2n) is 10.2. The van der Waals surface area contributed by atoms with Gasteiger partial charge in [0.1, 0.15) is 0 Å². The minimum Gasteiger partial charge on any atom is -0.316 e. The summed E-state index contributed by atoms with van der Waals surface area (Å²) in [5, 5.41) is 5.82. The number of aromatic nitrogens is 2. The largest absolute Gasteiger partial charge is 0.316 e. The first kappa shape index (κ1) is 22.6. The highest BCUT2D eigenvalue weighted by Crippen LogP contribution is 2.37. The molecule has 2 heterocycles. The van der Waals surface area contributed by atoms with E-state index >= 15 is 0 Å². The van der Waals surface area contributed by atoms with Crippen LogP contribution >= 0.6 is 0 Å². The third-order valence-electron chi connectivity index (χ3n) is 7.94. The number of fused-ring (bicyclic) bond motifs is 6. The molecule has 0 amide bonds. The smallest absolute Gasteiger partial charge is 0.193 e. The molecule has 0 aliphatic heterocycles. The minimum absolute atomic E-state index is 0.0295. The lowest BCUT2D eigenvalue weighted by molar-refractivity contribution is 0.103. The van der Waals surface area contributed by atoms with Gasteiger partial charge in [0.25, 0.3) is 0 Å². The minimum atomic E-state index is 0.0295. The highest BCUT2D eigenvalue weighted by Gasteiger charge is 2.17. The molecule has 0 spiro atoms. The van der Waals surface area contributed by atoms with Gasteiger partial charge >= 0.3 is 0 Å². The van der Waals surface area contributed by atoms with Gasteiger partial charge in [-0.2, -0.15) is 0 Å². The van der Waals surface area contributed by atoms with Crippen LogP contribution in [-0.4, -0.2) is 14.9 Å². The molecule has 0 saturated heterocycles. The molecule has 40 heavy (non-hydrogen) atoms. The molecule has 8 rings (SSSR count). The van der Waals surface area contributed by atoms with Crippen LogP contribution < -0.4 is 0 Å². The van der Waals surface area contributed by atoms with Crippen LogP contribution in [0.15, 0.2) is 146 Å². The summed E-state index contributed by atoms with van der Waals surface area (Å²) < 4.78 is 4.56. The maximum absolute atomic E-state index is 13.4. The Labute approximate surface area is 231 Å². The average molecular weight is 513 g/mol. The molecule has 0 unspecified atom stereocenters. The van der Waals surface area contributed by atoms with E-state index in [0.29, 0.717) is 11.1 Å². The maximum atomic E-state index is 13.4. The predicted molar refractivity (Wildman–Crippen MR) is 165 cm³/mol.